The third kappa shape index (κ3) is 2.37. The van der Waals surface area contributed by atoms with Gasteiger partial charge in [0.15, 0.2) is 0 Å². The molecule has 0 N–H and O–H groups in total. The van der Waals surface area contributed by atoms with E-state index in [-0.39, 0.29) is 21.1 Å². The van der Waals surface area contributed by atoms with Crippen molar-refractivity contribution < 1.29 is 0 Å². The standard InChI is InChI=1S/2C5H9.Sn/c2*1-2-4-5-3-1;/h2*1H,2-5H2;. The van der Waals surface area contributed by atoms with E-state index in [9.17, 15) is 0 Å². The molecule has 0 aromatic carbocycles. The van der Waals surface area contributed by atoms with Crippen molar-refractivity contribution in [2.45, 2.75) is 59.2 Å². The summed E-state index contributed by atoms with van der Waals surface area (Å²) in [5.41, 5.74) is 0. The summed E-state index contributed by atoms with van der Waals surface area (Å²) in [6, 6.07) is 0. The van der Waals surface area contributed by atoms with Crippen molar-refractivity contribution in [2.75, 3.05) is 0 Å². The average Bonchev–Trinajstić information content (AvgIpc) is 2.60. The van der Waals surface area contributed by atoms with Crippen molar-refractivity contribution in [1.82, 2.24) is 0 Å². The molecule has 0 atom stereocenters. The molecule has 0 amide bonds. The molecule has 2 aliphatic rings. The van der Waals surface area contributed by atoms with Crippen LogP contribution >= 0.6 is 0 Å². The third-order valence-electron chi connectivity index (χ3n) is 3.18. The van der Waals surface area contributed by atoms with Crippen LogP contribution in [0.2, 0.25) is 7.87 Å². The van der Waals surface area contributed by atoms with Crippen molar-refractivity contribution >= 4 is 21.1 Å². The predicted octanol–water partition coefficient (Wildman–Crippen LogP) is 3.42. The van der Waals surface area contributed by atoms with E-state index >= 15 is 0 Å². The summed E-state index contributed by atoms with van der Waals surface area (Å²) < 4.78 is 2.61. The molecule has 0 bridgehead atoms. The molecular formula is C10H18Sn. The Bertz CT molecular complexity index is 96.0. The van der Waals surface area contributed by atoms with Crippen molar-refractivity contribution in [3.8, 4) is 0 Å². The van der Waals surface area contributed by atoms with Crippen LogP contribution in [0.1, 0.15) is 51.4 Å². The first-order valence-electron chi connectivity index (χ1n) is 5.21. The van der Waals surface area contributed by atoms with Gasteiger partial charge in [0.05, 0.1) is 0 Å². The van der Waals surface area contributed by atoms with Crippen LogP contribution in [0.25, 0.3) is 0 Å². The molecule has 0 unspecified atom stereocenters. The molecule has 0 aromatic heterocycles. The van der Waals surface area contributed by atoms with E-state index in [1.165, 1.54) is 7.87 Å². The van der Waals surface area contributed by atoms with E-state index in [4.69, 9.17) is 0 Å². The van der Waals surface area contributed by atoms with Gasteiger partial charge < -0.3 is 0 Å². The Labute approximate surface area is 80.4 Å². The molecule has 0 aliphatic heterocycles. The maximum absolute atomic E-state index is 1.63. The first-order chi connectivity index (χ1) is 5.45. The van der Waals surface area contributed by atoms with Gasteiger partial charge in [0.2, 0.25) is 0 Å². The van der Waals surface area contributed by atoms with Crippen LogP contribution in [-0.2, 0) is 0 Å². The minimum atomic E-state index is 0.0911. The van der Waals surface area contributed by atoms with Crippen molar-refractivity contribution in [2.24, 2.45) is 0 Å². The van der Waals surface area contributed by atoms with Crippen molar-refractivity contribution in [1.29, 1.82) is 0 Å². The monoisotopic (exact) mass is 258 g/mol. The summed E-state index contributed by atoms with van der Waals surface area (Å²) in [5.74, 6) is 0. The van der Waals surface area contributed by atoms with Gasteiger partial charge in [0.25, 0.3) is 0 Å². The van der Waals surface area contributed by atoms with Crippen LogP contribution in [0, 0.1) is 0 Å². The van der Waals surface area contributed by atoms with Crippen LogP contribution in [0.5, 0.6) is 0 Å². The number of hydrogen-bond acceptors (Lipinski definition) is 0. The second kappa shape index (κ2) is 4.15. The Morgan fingerprint density at radius 3 is 1.36 bits per heavy atom. The normalized spacial score (nSPS) is 28.4. The Kier molecular flexibility index (Phi) is 3.17. The van der Waals surface area contributed by atoms with E-state index in [2.05, 4.69) is 0 Å². The van der Waals surface area contributed by atoms with Crippen LogP contribution in [0.4, 0.5) is 0 Å². The van der Waals surface area contributed by atoms with Gasteiger partial charge in [-0.2, -0.15) is 0 Å². The molecule has 0 saturated heterocycles. The molecule has 2 aliphatic carbocycles. The summed E-state index contributed by atoms with van der Waals surface area (Å²) in [6.45, 7) is 0. The Balaban J connectivity index is 1.71. The molecule has 2 saturated carbocycles. The molecular weight excluding hydrogens is 239 g/mol. The summed E-state index contributed by atoms with van der Waals surface area (Å²) in [7, 11) is 0. The molecule has 11 heavy (non-hydrogen) atoms. The van der Waals surface area contributed by atoms with Crippen molar-refractivity contribution in [3.05, 3.63) is 0 Å². The zero-order valence-corrected chi connectivity index (χ0v) is 10.2. The average molecular weight is 257 g/mol. The van der Waals surface area contributed by atoms with Gasteiger partial charge in [0.1, 0.15) is 0 Å². The Morgan fingerprint density at radius 1 is 0.636 bits per heavy atom. The van der Waals surface area contributed by atoms with Gasteiger partial charge in [0, 0.05) is 0 Å². The van der Waals surface area contributed by atoms with Crippen molar-refractivity contribution in [3.63, 3.8) is 0 Å². The maximum atomic E-state index is 1.63. The molecule has 1 heteroatoms. The molecule has 2 rings (SSSR count). The Morgan fingerprint density at radius 2 is 1.00 bits per heavy atom. The van der Waals surface area contributed by atoms with Gasteiger partial charge in [-0.15, -0.1) is 0 Å². The molecule has 0 spiro atoms. The second-order valence-corrected chi connectivity index (χ2v) is 9.74. The van der Waals surface area contributed by atoms with Crippen LogP contribution in [0.3, 0.4) is 0 Å². The Hall–Kier alpha value is 0.799. The van der Waals surface area contributed by atoms with E-state index in [1.54, 1.807) is 51.4 Å². The zero-order valence-electron chi connectivity index (χ0n) is 7.31. The van der Waals surface area contributed by atoms with Gasteiger partial charge in [-0.1, -0.05) is 0 Å². The molecule has 0 nitrogen and oxygen atoms in total. The summed E-state index contributed by atoms with van der Waals surface area (Å²) in [4.78, 5) is 0. The van der Waals surface area contributed by atoms with Gasteiger partial charge >= 0.3 is 80.4 Å². The van der Waals surface area contributed by atoms with E-state index in [1.807, 2.05) is 0 Å². The summed E-state index contributed by atoms with van der Waals surface area (Å²) in [5, 5.41) is 0. The van der Waals surface area contributed by atoms with E-state index in [0.717, 1.165) is 0 Å². The zero-order chi connectivity index (χ0) is 7.52. The second-order valence-electron chi connectivity index (χ2n) is 4.13. The minimum absolute atomic E-state index is 0.0911. The van der Waals surface area contributed by atoms with Crippen LogP contribution < -0.4 is 0 Å². The van der Waals surface area contributed by atoms with Gasteiger partial charge in [-0.3, -0.25) is 0 Å². The number of hydrogen-bond donors (Lipinski definition) is 0. The fourth-order valence-corrected chi connectivity index (χ4v) is 8.65. The van der Waals surface area contributed by atoms with Crippen LogP contribution in [0.15, 0.2) is 0 Å². The third-order valence-corrected chi connectivity index (χ3v) is 9.17. The predicted molar refractivity (Wildman–Crippen MR) is 50.2 cm³/mol. The number of rotatable bonds is 2. The van der Waals surface area contributed by atoms with Crippen LogP contribution in [-0.4, -0.2) is 21.1 Å². The quantitative estimate of drug-likeness (QED) is 0.665. The molecule has 62 valence electrons. The van der Waals surface area contributed by atoms with Gasteiger partial charge in [-0.05, 0) is 0 Å². The molecule has 2 fully saturated rings. The fourth-order valence-electron chi connectivity index (χ4n) is 2.52. The van der Waals surface area contributed by atoms with E-state index in [0.29, 0.717) is 0 Å². The molecule has 0 heterocycles. The SMILES string of the molecule is C1CC[CH]([Sn][CH]2CCCC2)C1. The molecule has 0 aromatic rings. The van der Waals surface area contributed by atoms with Gasteiger partial charge in [-0.25, -0.2) is 0 Å². The fraction of sp³-hybridized carbons (Fsp3) is 1.00. The first-order valence-corrected chi connectivity index (χ1v) is 8.51. The topological polar surface area (TPSA) is 0 Å². The first kappa shape index (κ1) is 8.40. The van der Waals surface area contributed by atoms with E-state index < -0.39 is 0 Å². The summed E-state index contributed by atoms with van der Waals surface area (Å²) in [6.07, 6.45) is 12.8. The molecule has 2 radical (unpaired) electrons. The summed E-state index contributed by atoms with van der Waals surface area (Å²) >= 11 is 0.0911.